The topological polar surface area (TPSA) is 50.5 Å². The number of aromatic nitrogens is 3. The molecule has 0 bridgehead atoms. The van der Waals surface area contributed by atoms with E-state index in [1.807, 2.05) is 22.9 Å². The molecule has 0 radical (unpaired) electrons. The Balaban J connectivity index is 1.74. The molecule has 17 heavy (non-hydrogen) atoms. The third-order valence-electron chi connectivity index (χ3n) is 3.08. The second-order valence-corrected chi connectivity index (χ2v) is 4.37. The zero-order valence-corrected chi connectivity index (χ0v) is 9.54. The van der Waals surface area contributed by atoms with Gasteiger partial charge in [-0.2, -0.15) is 0 Å². The standard InChI is InChI=1S/C12H14N4O/c17-11-2-6-15(7-3-11)8-10-9-16-5-1-4-13-12(16)14-10/h1,4-5,9H,2-3,6-8H2. The molecule has 0 aromatic carbocycles. The van der Waals surface area contributed by atoms with Crippen LogP contribution in [-0.4, -0.2) is 38.1 Å². The summed E-state index contributed by atoms with van der Waals surface area (Å²) in [5.41, 5.74) is 1.01. The summed E-state index contributed by atoms with van der Waals surface area (Å²) in [6, 6.07) is 1.89. The van der Waals surface area contributed by atoms with Gasteiger partial charge in [-0.05, 0) is 6.07 Å². The van der Waals surface area contributed by atoms with E-state index in [-0.39, 0.29) is 0 Å². The fourth-order valence-electron chi connectivity index (χ4n) is 2.15. The van der Waals surface area contributed by atoms with Crippen LogP contribution in [0.4, 0.5) is 0 Å². The Morgan fingerprint density at radius 3 is 2.88 bits per heavy atom. The summed E-state index contributed by atoms with van der Waals surface area (Å²) in [4.78, 5) is 22.0. The van der Waals surface area contributed by atoms with Gasteiger partial charge in [-0.1, -0.05) is 0 Å². The van der Waals surface area contributed by atoms with Crippen molar-refractivity contribution in [3.05, 3.63) is 30.4 Å². The van der Waals surface area contributed by atoms with Gasteiger partial charge in [-0.25, -0.2) is 9.97 Å². The van der Waals surface area contributed by atoms with Crippen molar-refractivity contribution in [3.8, 4) is 0 Å². The normalized spacial score (nSPS) is 17.8. The SMILES string of the molecule is O=C1CCN(Cc2cn3cccnc3n2)CC1. The Morgan fingerprint density at radius 2 is 2.12 bits per heavy atom. The molecule has 88 valence electrons. The number of ketones is 1. The summed E-state index contributed by atoms with van der Waals surface area (Å²) in [5, 5.41) is 0. The monoisotopic (exact) mass is 230 g/mol. The van der Waals surface area contributed by atoms with E-state index >= 15 is 0 Å². The number of fused-ring (bicyclic) bond motifs is 1. The van der Waals surface area contributed by atoms with Crippen LogP contribution in [0.25, 0.3) is 5.78 Å². The van der Waals surface area contributed by atoms with Crippen molar-refractivity contribution in [1.82, 2.24) is 19.3 Å². The number of nitrogens with zero attached hydrogens (tertiary/aromatic N) is 4. The van der Waals surface area contributed by atoms with E-state index < -0.39 is 0 Å². The Bertz CT molecular complexity index is 505. The molecule has 0 aliphatic carbocycles. The molecule has 0 spiro atoms. The highest BCUT2D eigenvalue weighted by molar-refractivity contribution is 5.79. The zero-order valence-electron chi connectivity index (χ0n) is 9.54. The second-order valence-electron chi connectivity index (χ2n) is 4.37. The average Bonchev–Trinajstić information content (AvgIpc) is 2.74. The summed E-state index contributed by atoms with van der Waals surface area (Å²) < 4.78 is 1.92. The quantitative estimate of drug-likeness (QED) is 0.769. The van der Waals surface area contributed by atoms with Gasteiger partial charge in [0.05, 0.1) is 5.69 Å². The Kier molecular flexibility index (Phi) is 2.60. The summed E-state index contributed by atoms with van der Waals surface area (Å²) in [6.45, 7) is 2.50. The van der Waals surface area contributed by atoms with E-state index in [1.165, 1.54) is 0 Å². The lowest BCUT2D eigenvalue weighted by Crippen LogP contribution is -2.33. The Hall–Kier alpha value is -1.75. The summed E-state index contributed by atoms with van der Waals surface area (Å²) in [5.74, 6) is 1.11. The van der Waals surface area contributed by atoms with Gasteiger partial charge in [0, 0.05) is 51.1 Å². The molecule has 0 saturated carbocycles. The molecular formula is C12H14N4O. The van der Waals surface area contributed by atoms with Gasteiger partial charge in [-0.15, -0.1) is 0 Å². The molecule has 0 amide bonds. The number of hydrogen-bond acceptors (Lipinski definition) is 4. The number of Topliss-reactive ketones (excluding diaryl/α,β-unsaturated/α-hetero) is 1. The van der Waals surface area contributed by atoms with Crippen molar-refractivity contribution in [3.63, 3.8) is 0 Å². The van der Waals surface area contributed by atoms with Crippen LogP contribution in [-0.2, 0) is 11.3 Å². The minimum absolute atomic E-state index is 0.373. The van der Waals surface area contributed by atoms with E-state index in [0.717, 1.165) is 31.1 Å². The second kappa shape index (κ2) is 4.25. The lowest BCUT2D eigenvalue weighted by molar-refractivity contribution is -0.121. The number of hydrogen-bond donors (Lipinski definition) is 0. The maximum absolute atomic E-state index is 11.1. The lowest BCUT2D eigenvalue weighted by atomic mass is 10.1. The minimum Gasteiger partial charge on any atom is -0.300 e. The molecule has 1 fully saturated rings. The van der Waals surface area contributed by atoms with Crippen LogP contribution in [0.2, 0.25) is 0 Å². The van der Waals surface area contributed by atoms with Crippen molar-refractivity contribution in [2.45, 2.75) is 19.4 Å². The first-order valence-electron chi connectivity index (χ1n) is 5.84. The molecule has 1 aliphatic rings. The molecule has 3 rings (SSSR count). The van der Waals surface area contributed by atoms with Gasteiger partial charge in [-0.3, -0.25) is 14.1 Å². The van der Waals surface area contributed by atoms with Crippen LogP contribution in [0, 0.1) is 0 Å². The van der Waals surface area contributed by atoms with Crippen LogP contribution in [0.3, 0.4) is 0 Å². The third kappa shape index (κ3) is 2.19. The fourth-order valence-corrected chi connectivity index (χ4v) is 2.15. The molecule has 1 saturated heterocycles. The van der Waals surface area contributed by atoms with Gasteiger partial charge < -0.3 is 0 Å². The van der Waals surface area contributed by atoms with Crippen molar-refractivity contribution in [2.75, 3.05) is 13.1 Å². The number of imidazole rings is 1. The number of carbonyl (C=O) groups is 1. The maximum atomic E-state index is 11.1. The number of likely N-dealkylation sites (tertiary alicyclic amines) is 1. The molecule has 5 heteroatoms. The predicted octanol–water partition coefficient (Wildman–Crippen LogP) is 0.894. The van der Waals surface area contributed by atoms with Crippen molar-refractivity contribution in [2.24, 2.45) is 0 Å². The van der Waals surface area contributed by atoms with E-state index in [1.54, 1.807) is 6.20 Å². The van der Waals surface area contributed by atoms with Crippen LogP contribution in [0.1, 0.15) is 18.5 Å². The lowest BCUT2D eigenvalue weighted by Gasteiger charge is -2.24. The first kappa shape index (κ1) is 10.4. The summed E-state index contributed by atoms with van der Waals surface area (Å²) in [7, 11) is 0. The van der Waals surface area contributed by atoms with Crippen LogP contribution in [0.15, 0.2) is 24.7 Å². The highest BCUT2D eigenvalue weighted by atomic mass is 16.1. The van der Waals surface area contributed by atoms with Crippen molar-refractivity contribution >= 4 is 11.6 Å². The van der Waals surface area contributed by atoms with E-state index in [9.17, 15) is 4.79 Å². The average molecular weight is 230 g/mol. The maximum Gasteiger partial charge on any atom is 0.233 e. The van der Waals surface area contributed by atoms with Crippen LogP contribution >= 0.6 is 0 Å². The van der Waals surface area contributed by atoms with Crippen LogP contribution in [0.5, 0.6) is 0 Å². The molecule has 2 aromatic heterocycles. The van der Waals surface area contributed by atoms with Crippen molar-refractivity contribution in [1.29, 1.82) is 0 Å². The fraction of sp³-hybridized carbons (Fsp3) is 0.417. The third-order valence-corrected chi connectivity index (χ3v) is 3.08. The number of rotatable bonds is 2. The molecule has 0 unspecified atom stereocenters. The highest BCUT2D eigenvalue weighted by Crippen LogP contribution is 2.10. The largest absolute Gasteiger partial charge is 0.300 e. The molecule has 5 nitrogen and oxygen atoms in total. The number of carbonyl (C=O) groups excluding carboxylic acids is 1. The highest BCUT2D eigenvalue weighted by Gasteiger charge is 2.17. The molecule has 0 atom stereocenters. The summed E-state index contributed by atoms with van der Waals surface area (Å²) >= 11 is 0. The van der Waals surface area contributed by atoms with Crippen LogP contribution < -0.4 is 0 Å². The molecular weight excluding hydrogens is 216 g/mol. The molecule has 3 heterocycles. The molecule has 0 N–H and O–H groups in total. The number of piperidine rings is 1. The van der Waals surface area contributed by atoms with Gasteiger partial charge in [0.25, 0.3) is 0 Å². The van der Waals surface area contributed by atoms with Gasteiger partial charge in [0.1, 0.15) is 5.78 Å². The van der Waals surface area contributed by atoms with E-state index in [0.29, 0.717) is 18.6 Å². The van der Waals surface area contributed by atoms with Gasteiger partial charge in [0.2, 0.25) is 5.78 Å². The van der Waals surface area contributed by atoms with E-state index in [2.05, 4.69) is 14.9 Å². The predicted molar refractivity (Wildman–Crippen MR) is 62.5 cm³/mol. The smallest absolute Gasteiger partial charge is 0.233 e. The summed E-state index contributed by atoms with van der Waals surface area (Å²) in [6.07, 6.45) is 7.03. The van der Waals surface area contributed by atoms with Gasteiger partial charge in [0.15, 0.2) is 0 Å². The molecule has 2 aromatic rings. The Morgan fingerprint density at radius 1 is 1.29 bits per heavy atom. The molecule has 1 aliphatic heterocycles. The van der Waals surface area contributed by atoms with Gasteiger partial charge >= 0.3 is 0 Å². The first-order chi connectivity index (χ1) is 8.31. The van der Waals surface area contributed by atoms with Crippen molar-refractivity contribution < 1.29 is 4.79 Å². The van der Waals surface area contributed by atoms with E-state index in [4.69, 9.17) is 0 Å². The first-order valence-corrected chi connectivity index (χ1v) is 5.84. The zero-order chi connectivity index (χ0) is 11.7. The Labute approximate surface area is 99.1 Å². The minimum atomic E-state index is 0.373.